The number of allylic oxidation sites excluding steroid dienone is 13. The van der Waals surface area contributed by atoms with Gasteiger partial charge >= 0.3 is 0 Å². The third-order valence-electron chi connectivity index (χ3n) is 15.2. The van der Waals surface area contributed by atoms with E-state index in [1.165, 1.54) is 199 Å². The molecule has 0 aromatic carbocycles. The van der Waals surface area contributed by atoms with E-state index >= 15 is 0 Å². The highest BCUT2D eigenvalue weighted by Crippen LogP contribution is 2.23. The lowest BCUT2D eigenvalue weighted by molar-refractivity contribution is -0.302. The van der Waals surface area contributed by atoms with Crippen LogP contribution < -0.4 is 5.32 Å². The van der Waals surface area contributed by atoms with Gasteiger partial charge in [0.1, 0.15) is 24.4 Å². The van der Waals surface area contributed by atoms with Crippen molar-refractivity contribution in [1.82, 2.24) is 5.32 Å². The SMILES string of the molecule is CC/C=C\C/C=C\C/C=C\C/C=C\C/C=C\CCCCCCCCCCCCCCCCCC(=O)NC(COC1OC(CO)C(O)C(O)C1O)C(O)/C=C/CC/C=C/CCCCCCCCCCCCCCCCCCCC. The molecule has 0 aromatic rings. The lowest BCUT2D eigenvalue weighted by atomic mass is 9.99. The van der Waals surface area contributed by atoms with Gasteiger partial charge in [0, 0.05) is 6.42 Å². The van der Waals surface area contributed by atoms with Gasteiger partial charge in [-0.05, 0) is 77.0 Å². The Kier molecular flexibility index (Phi) is 54.2. The second kappa shape index (κ2) is 57.6. The van der Waals surface area contributed by atoms with E-state index in [-0.39, 0.29) is 12.5 Å². The first-order valence-corrected chi connectivity index (χ1v) is 32.8. The third-order valence-corrected chi connectivity index (χ3v) is 15.2. The maximum Gasteiger partial charge on any atom is 0.220 e. The Balaban J connectivity index is 2.18. The molecule has 0 aliphatic carbocycles. The van der Waals surface area contributed by atoms with Gasteiger partial charge in [-0.1, -0.05) is 292 Å². The molecule has 0 bridgehead atoms. The summed E-state index contributed by atoms with van der Waals surface area (Å²) in [7, 11) is 0. The molecule has 1 rings (SSSR count). The predicted octanol–water partition coefficient (Wildman–Crippen LogP) is 17.4. The third kappa shape index (κ3) is 46.0. The van der Waals surface area contributed by atoms with Gasteiger partial charge in [-0.25, -0.2) is 0 Å². The van der Waals surface area contributed by atoms with Crippen LogP contribution in [0.25, 0.3) is 0 Å². The molecule has 1 amide bonds. The summed E-state index contributed by atoms with van der Waals surface area (Å²) in [6.07, 6.45) is 75.3. The van der Waals surface area contributed by atoms with Crippen LogP contribution in [0, 0.1) is 0 Å². The standard InChI is InChI=1S/C69H123NO8/c1-3-5-7-9-11-13-15-17-19-21-23-25-27-29-30-31-32-33-34-35-37-39-41-43-45-47-49-51-53-55-57-59-65(73)70-62(61-77-69-68(76)67(75)66(74)64(60-71)78-69)63(72)58-56-54-52-50-48-46-44-42-40-38-36-28-26-24-22-20-18-16-14-12-10-8-6-4-2/h5,7,11,13,17,19,23,25,29-30,48,50,56,58,62-64,66-69,71-72,74-76H,3-4,6,8-10,12,14-16,18,20-22,24,26-28,31-47,49,51-55,57,59-61H2,1-2H3,(H,70,73)/b7-5-,13-11-,19-17-,25-23-,30-29-,50-48+,58-56+. The van der Waals surface area contributed by atoms with Gasteiger partial charge in [-0.2, -0.15) is 0 Å². The second-order valence-corrected chi connectivity index (χ2v) is 22.5. The van der Waals surface area contributed by atoms with Gasteiger partial charge < -0.3 is 40.3 Å². The molecule has 452 valence electrons. The molecular formula is C69H123NO8. The lowest BCUT2D eigenvalue weighted by Crippen LogP contribution is -2.60. The number of carbonyl (C=O) groups excluding carboxylic acids is 1. The minimum absolute atomic E-state index is 0.186. The molecule has 1 saturated heterocycles. The van der Waals surface area contributed by atoms with E-state index in [0.29, 0.717) is 6.42 Å². The van der Waals surface area contributed by atoms with Crippen LogP contribution >= 0.6 is 0 Å². The van der Waals surface area contributed by atoms with Crippen LogP contribution in [-0.4, -0.2) is 87.5 Å². The normalized spacial score (nSPS) is 19.2. The Bertz CT molecular complexity index is 1500. The highest BCUT2D eigenvalue weighted by molar-refractivity contribution is 5.76. The van der Waals surface area contributed by atoms with E-state index in [0.717, 1.165) is 70.6 Å². The zero-order valence-electron chi connectivity index (χ0n) is 50.4. The summed E-state index contributed by atoms with van der Waals surface area (Å²) in [4.78, 5) is 13.1. The smallest absolute Gasteiger partial charge is 0.220 e. The first-order chi connectivity index (χ1) is 38.3. The Morgan fingerprint density at radius 2 is 0.808 bits per heavy atom. The van der Waals surface area contributed by atoms with Crippen LogP contribution in [-0.2, 0) is 14.3 Å². The number of ether oxygens (including phenoxy) is 2. The topological polar surface area (TPSA) is 149 Å². The van der Waals surface area contributed by atoms with Crippen molar-refractivity contribution in [2.75, 3.05) is 13.2 Å². The Morgan fingerprint density at radius 1 is 0.449 bits per heavy atom. The van der Waals surface area contributed by atoms with Crippen molar-refractivity contribution in [1.29, 1.82) is 0 Å². The van der Waals surface area contributed by atoms with Crippen molar-refractivity contribution in [3.8, 4) is 0 Å². The average Bonchev–Trinajstić information content (AvgIpc) is 3.45. The van der Waals surface area contributed by atoms with Gasteiger partial charge in [0.15, 0.2) is 6.29 Å². The highest BCUT2D eigenvalue weighted by atomic mass is 16.7. The molecule has 78 heavy (non-hydrogen) atoms. The zero-order chi connectivity index (χ0) is 56.5. The Morgan fingerprint density at radius 3 is 1.23 bits per heavy atom. The fourth-order valence-corrected chi connectivity index (χ4v) is 10.1. The van der Waals surface area contributed by atoms with E-state index in [1.807, 2.05) is 6.08 Å². The van der Waals surface area contributed by atoms with Crippen LogP contribution in [0.4, 0.5) is 0 Å². The molecule has 1 aliphatic heterocycles. The van der Waals surface area contributed by atoms with Crippen molar-refractivity contribution in [2.45, 2.75) is 333 Å². The van der Waals surface area contributed by atoms with Crippen LogP contribution in [0.15, 0.2) is 85.1 Å². The Labute approximate surface area is 480 Å². The number of rotatable bonds is 56. The molecule has 1 aliphatic rings. The van der Waals surface area contributed by atoms with Gasteiger partial charge in [-0.15, -0.1) is 0 Å². The molecule has 1 fully saturated rings. The molecule has 9 heteroatoms. The number of aliphatic hydroxyl groups excluding tert-OH is 5. The molecular weight excluding hydrogens is 971 g/mol. The molecule has 6 N–H and O–H groups in total. The summed E-state index contributed by atoms with van der Waals surface area (Å²) in [6.45, 7) is 3.68. The Hall–Kier alpha value is -2.63. The van der Waals surface area contributed by atoms with E-state index < -0.39 is 49.5 Å². The molecule has 0 radical (unpaired) electrons. The number of unbranched alkanes of at least 4 members (excludes halogenated alkanes) is 34. The number of hydrogen-bond acceptors (Lipinski definition) is 8. The second-order valence-electron chi connectivity index (χ2n) is 22.5. The fraction of sp³-hybridized carbons (Fsp3) is 0.783. The van der Waals surface area contributed by atoms with E-state index in [4.69, 9.17) is 9.47 Å². The van der Waals surface area contributed by atoms with Crippen molar-refractivity contribution < 1.29 is 39.8 Å². The number of hydrogen-bond donors (Lipinski definition) is 6. The largest absolute Gasteiger partial charge is 0.394 e. The summed E-state index contributed by atoms with van der Waals surface area (Å²) >= 11 is 0. The van der Waals surface area contributed by atoms with Gasteiger partial charge in [0.25, 0.3) is 0 Å². The molecule has 1 heterocycles. The fourth-order valence-electron chi connectivity index (χ4n) is 10.1. The van der Waals surface area contributed by atoms with Crippen LogP contribution in [0.2, 0.25) is 0 Å². The van der Waals surface area contributed by atoms with Crippen molar-refractivity contribution >= 4 is 5.91 Å². The highest BCUT2D eigenvalue weighted by Gasteiger charge is 2.44. The van der Waals surface area contributed by atoms with Crippen LogP contribution in [0.3, 0.4) is 0 Å². The van der Waals surface area contributed by atoms with E-state index in [9.17, 15) is 30.3 Å². The summed E-state index contributed by atoms with van der Waals surface area (Å²) in [6, 6.07) is -0.827. The quantitative estimate of drug-likeness (QED) is 0.0261. The molecule has 9 nitrogen and oxygen atoms in total. The minimum atomic E-state index is -1.58. The zero-order valence-corrected chi connectivity index (χ0v) is 50.4. The van der Waals surface area contributed by atoms with Crippen molar-refractivity contribution in [3.63, 3.8) is 0 Å². The first-order valence-electron chi connectivity index (χ1n) is 32.8. The number of aliphatic hydroxyl groups is 5. The summed E-state index contributed by atoms with van der Waals surface area (Å²) < 4.78 is 11.3. The molecule has 0 aromatic heterocycles. The van der Waals surface area contributed by atoms with Gasteiger partial charge in [0.2, 0.25) is 5.91 Å². The summed E-state index contributed by atoms with van der Waals surface area (Å²) in [5.74, 6) is -0.186. The van der Waals surface area contributed by atoms with E-state index in [1.54, 1.807) is 6.08 Å². The maximum atomic E-state index is 13.1. The number of carbonyl (C=O) groups is 1. The molecule has 7 unspecified atom stereocenters. The van der Waals surface area contributed by atoms with Crippen LogP contribution in [0.1, 0.15) is 290 Å². The summed E-state index contributed by atoms with van der Waals surface area (Å²) in [5.41, 5.74) is 0. The van der Waals surface area contributed by atoms with Crippen LogP contribution in [0.5, 0.6) is 0 Å². The predicted molar refractivity (Wildman–Crippen MR) is 332 cm³/mol. The first kappa shape index (κ1) is 73.4. The summed E-state index contributed by atoms with van der Waals surface area (Å²) in [5, 5.41) is 54.7. The average molecular weight is 1090 g/mol. The minimum Gasteiger partial charge on any atom is -0.394 e. The maximum absolute atomic E-state index is 13.1. The van der Waals surface area contributed by atoms with Gasteiger partial charge in [-0.3, -0.25) is 4.79 Å². The number of nitrogens with one attached hydrogen (secondary N) is 1. The van der Waals surface area contributed by atoms with E-state index in [2.05, 4.69) is 92.1 Å². The van der Waals surface area contributed by atoms with Crippen molar-refractivity contribution in [3.05, 3.63) is 85.1 Å². The molecule has 0 spiro atoms. The monoisotopic (exact) mass is 1090 g/mol. The lowest BCUT2D eigenvalue weighted by Gasteiger charge is -2.40. The molecule has 7 atom stereocenters. The number of amides is 1. The molecule has 0 saturated carbocycles. The van der Waals surface area contributed by atoms with Gasteiger partial charge in [0.05, 0.1) is 25.4 Å². The van der Waals surface area contributed by atoms with Crippen molar-refractivity contribution in [2.24, 2.45) is 0 Å².